The lowest BCUT2D eigenvalue weighted by molar-refractivity contribution is 0.428. The summed E-state index contributed by atoms with van der Waals surface area (Å²) >= 11 is 3.20. The van der Waals surface area contributed by atoms with Crippen LogP contribution in [-0.2, 0) is 0 Å². The molecular formula is C15H10BrFN4O. The van der Waals surface area contributed by atoms with Crippen LogP contribution in [0.5, 0.6) is 0 Å². The van der Waals surface area contributed by atoms with Crippen LogP contribution in [0.1, 0.15) is 12.7 Å². The van der Waals surface area contributed by atoms with Crippen LogP contribution >= 0.6 is 15.9 Å². The highest BCUT2D eigenvalue weighted by Crippen LogP contribution is 2.24. The number of nitriles is 1. The fourth-order valence-corrected chi connectivity index (χ4v) is 2.03. The molecule has 0 aliphatic carbocycles. The van der Waals surface area contributed by atoms with Gasteiger partial charge in [-0.15, -0.1) is 0 Å². The SMILES string of the molecule is C=C(C#N)C=N/C(=C\C)c1noc(-c2cc(F)cc(Br)c2)n1. The maximum atomic E-state index is 13.4. The molecule has 2 rings (SSSR count). The Labute approximate surface area is 134 Å². The number of allylic oxidation sites excluding steroid dienone is 2. The van der Waals surface area contributed by atoms with Crippen molar-refractivity contribution in [2.75, 3.05) is 0 Å². The molecule has 0 aliphatic rings. The second-order valence-electron chi connectivity index (χ2n) is 4.15. The minimum atomic E-state index is -0.418. The van der Waals surface area contributed by atoms with Gasteiger partial charge in [-0.05, 0) is 25.1 Å². The highest BCUT2D eigenvalue weighted by atomic mass is 79.9. The van der Waals surface area contributed by atoms with E-state index in [0.29, 0.717) is 15.7 Å². The first-order valence-corrected chi connectivity index (χ1v) is 6.92. The number of aliphatic imine (C=N–C) groups is 1. The van der Waals surface area contributed by atoms with Crippen molar-refractivity contribution in [1.29, 1.82) is 5.26 Å². The molecule has 0 spiro atoms. The summed E-state index contributed by atoms with van der Waals surface area (Å²) in [5.74, 6) is -0.0116. The smallest absolute Gasteiger partial charge is 0.258 e. The van der Waals surface area contributed by atoms with Crippen molar-refractivity contribution >= 4 is 27.8 Å². The van der Waals surface area contributed by atoms with E-state index in [4.69, 9.17) is 9.78 Å². The van der Waals surface area contributed by atoms with Gasteiger partial charge in [0.25, 0.3) is 5.89 Å². The summed E-state index contributed by atoms with van der Waals surface area (Å²) in [4.78, 5) is 8.25. The predicted octanol–water partition coefficient (Wildman–Crippen LogP) is 4.15. The molecule has 7 heteroatoms. The molecule has 1 aromatic carbocycles. The number of rotatable bonds is 4. The van der Waals surface area contributed by atoms with Gasteiger partial charge in [0.05, 0.1) is 5.57 Å². The number of nitrogens with zero attached hydrogens (tertiary/aromatic N) is 4. The zero-order valence-corrected chi connectivity index (χ0v) is 13.1. The number of benzene rings is 1. The summed E-state index contributed by atoms with van der Waals surface area (Å²) in [5, 5.41) is 12.5. The van der Waals surface area contributed by atoms with Crippen molar-refractivity contribution in [2.45, 2.75) is 6.92 Å². The average Bonchev–Trinajstić information content (AvgIpc) is 2.96. The molecule has 0 saturated carbocycles. The van der Waals surface area contributed by atoms with Crippen LogP contribution in [0.4, 0.5) is 4.39 Å². The zero-order chi connectivity index (χ0) is 16.1. The van der Waals surface area contributed by atoms with Crippen LogP contribution in [-0.4, -0.2) is 16.4 Å². The second kappa shape index (κ2) is 6.91. The van der Waals surface area contributed by atoms with E-state index in [0.717, 1.165) is 0 Å². The first-order chi connectivity index (χ1) is 10.5. The highest BCUT2D eigenvalue weighted by Gasteiger charge is 2.13. The molecule has 0 saturated heterocycles. The van der Waals surface area contributed by atoms with Gasteiger partial charge in [0.1, 0.15) is 17.6 Å². The van der Waals surface area contributed by atoms with Crippen molar-refractivity contribution in [3.05, 3.63) is 52.5 Å². The molecule has 0 atom stereocenters. The Morgan fingerprint density at radius 1 is 1.50 bits per heavy atom. The topological polar surface area (TPSA) is 75.1 Å². The number of halogens is 2. The van der Waals surface area contributed by atoms with Crippen LogP contribution < -0.4 is 0 Å². The van der Waals surface area contributed by atoms with Crippen LogP contribution in [0.3, 0.4) is 0 Å². The van der Waals surface area contributed by atoms with Gasteiger partial charge in [0.2, 0.25) is 5.82 Å². The van der Waals surface area contributed by atoms with Crippen molar-refractivity contribution < 1.29 is 8.91 Å². The molecular weight excluding hydrogens is 351 g/mol. The molecule has 0 N–H and O–H groups in total. The van der Waals surface area contributed by atoms with E-state index in [1.165, 1.54) is 18.3 Å². The van der Waals surface area contributed by atoms with Gasteiger partial charge in [0.15, 0.2) is 0 Å². The van der Waals surface area contributed by atoms with Crippen LogP contribution in [0, 0.1) is 17.1 Å². The number of aromatic nitrogens is 2. The minimum absolute atomic E-state index is 0.170. The first-order valence-electron chi connectivity index (χ1n) is 6.13. The molecule has 0 unspecified atom stereocenters. The van der Waals surface area contributed by atoms with Gasteiger partial charge in [0, 0.05) is 16.3 Å². The van der Waals surface area contributed by atoms with Crippen molar-refractivity contribution in [2.24, 2.45) is 4.99 Å². The summed E-state index contributed by atoms with van der Waals surface area (Å²) in [5.41, 5.74) is 1.07. The maximum absolute atomic E-state index is 13.4. The van der Waals surface area contributed by atoms with Crippen LogP contribution in [0.15, 0.2) is 50.4 Å². The Kier molecular flexibility index (Phi) is 4.96. The third kappa shape index (κ3) is 3.74. The quantitative estimate of drug-likeness (QED) is 0.606. The van der Waals surface area contributed by atoms with Gasteiger partial charge in [-0.2, -0.15) is 10.2 Å². The Morgan fingerprint density at radius 3 is 2.91 bits per heavy atom. The number of hydrogen-bond acceptors (Lipinski definition) is 5. The van der Waals surface area contributed by atoms with Gasteiger partial charge >= 0.3 is 0 Å². The lowest BCUT2D eigenvalue weighted by atomic mass is 10.2. The van der Waals surface area contributed by atoms with Crippen LogP contribution in [0.2, 0.25) is 0 Å². The normalized spacial score (nSPS) is 11.6. The third-order valence-corrected chi connectivity index (χ3v) is 3.00. The fraction of sp³-hybridized carbons (Fsp3) is 0.0667. The van der Waals surface area contributed by atoms with Crippen molar-refractivity contribution in [3.8, 4) is 17.5 Å². The molecule has 5 nitrogen and oxygen atoms in total. The monoisotopic (exact) mass is 360 g/mol. The molecule has 0 amide bonds. The molecule has 1 aromatic heterocycles. The summed E-state index contributed by atoms with van der Waals surface area (Å²) in [6.07, 6.45) is 2.97. The minimum Gasteiger partial charge on any atom is -0.334 e. The molecule has 110 valence electrons. The van der Waals surface area contributed by atoms with E-state index in [2.05, 4.69) is 37.6 Å². The molecule has 0 radical (unpaired) electrons. The second-order valence-corrected chi connectivity index (χ2v) is 5.07. The molecule has 2 aromatic rings. The summed E-state index contributed by atoms with van der Waals surface area (Å²) in [7, 11) is 0. The summed E-state index contributed by atoms with van der Waals surface area (Å²) in [6, 6.07) is 6.14. The molecule has 0 aliphatic heterocycles. The van der Waals surface area contributed by atoms with Crippen LogP contribution in [0.25, 0.3) is 17.2 Å². The molecule has 22 heavy (non-hydrogen) atoms. The van der Waals surface area contributed by atoms with E-state index in [1.807, 2.05) is 6.07 Å². The lowest BCUT2D eigenvalue weighted by Crippen LogP contribution is -1.87. The third-order valence-electron chi connectivity index (χ3n) is 2.54. The molecule has 1 heterocycles. The van der Waals surface area contributed by atoms with E-state index in [9.17, 15) is 4.39 Å². The largest absolute Gasteiger partial charge is 0.334 e. The first kappa shape index (κ1) is 15.8. The van der Waals surface area contributed by atoms with E-state index in [1.54, 1.807) is 19.1 Å². The number of hydrogen-bond donors (Lipinski definition) is 0. The van der Waals surface area contributed by atoms with Crippen molar-refractivity contribution in [1.82, 2.24) is 10.1 Å². The molecule has 0 fully saturated rings. The Bertz CT molecular complexity index is 797. The van der Waals surface area contributed by atoms with Gasteiger partial charge in [-0.25, -0.2) is 4.39 Å². The van der Waals surface area contributed by atoms with Gasteiger partial charge < -0.3 is 4.52 Å². The Hall–Kier alpha value is -2.59. The van der Waals surface area contributed by atoms with E-state index < -0.39 is 5.82 Å². The lowest BCUT2D eigenvalue weighted by Gasteiger charge is -1.96. The standard InChI is InChI=1S/C15H10BrFN4O/c1-3-13(19-8-9(2)7-18)14-20-15(22-21-14)10-4-11(16)6-12(17)5-10/h3-6,8H,2H2,1H3/b13-3-,19-8?. The Balaban J connectivity index is 2.33. The van der Waals surface area contributed by atoms with E-state index in [-0.39, 0.29) is 17.3 Å². The Morgan fingerprint density at radius 2 is 2.27 bits per heavy atom. The fourth-order valence-electron chi connectivity index (χ4n) is 1.56. The van der Waals surface area contributed by atoms with Gasteiger partial charge in [-0.3, -0.25) is 4.99 Å². The maximum Gasteiger partial charge on any atom is 0.258 e. The zero-order valence-electron chi connectivity index (χ0n) is 11.5. The summed E-state index contributed by atoms with van der Waals surface area (Å²) in [6.45, 7) is 5.24. The molecule has 0 bridgehead atoms. The summed E-state index contributed by atoms with van der Waals surface area (Å²) < 4.78 is 19.1. The van der Waals surface area contributed by atoms with E-state index >= 15 is 0 Å². The van der Waals surface area contributed by atoms with Crippen molar-refractivity contribution in [3.63, 3.8) is 0 Å². The average molecular weight is 361 g/mol. The van der Waals surface area contributed by atoms with Gasteiger partial charge in [-0.1, -0.05) is 33.7 Å². The predicted molar refractivity (Wildman–Crippen MR) is 84.3 cm³/mol. The highest BCUT2D eigenvalue weighted by molar-refractivity contribution is 9.10.